The summed E-state index contributed by atoms with van der Waals surface area (Å²) < 4.78 is 5.58. The lowest BCUT2D eigenvalue weighted by atomic mass is 10.0. The first-order valence-electron chi connectivity index (χ1n) is 9.04. The number of carbonyl (C=O) groups is 3. The largest absolute Gasteiger partial charge is 0.447 e. The van der Waals surface area contributed by atoms with Crippen molar-refractivity contribution in [3.05, 3.63) is 45.1 Å². The maximum absolute atomic E-state index is 12.7. The van der Waals surface area contributed by atoms with Crippen LogP contribution in [0.5, 0.6) is 0 Å². The van der Waals surface area contributed by atoms with Gasteiger partial charge in [0.15, 0.2) is 0 Å². The Morgan fingerprint density at radius 1 is 1.28 bits per heavy atom. The highest BCUT2D eigenvalue weighted by Gasteiger charge is 2.33. The maximum atomic E-state index is 12.7. The number of hydrogen-bond acceptors (Lipinski definition) is 5. The van der Waals surface area contributed by atoms with Gasteiger partial charge >= 0.3 is 6.09 Å². The van der Waals surface area contributed by atoms with Gasteiger partial charge in [-0.15, -0.1) is 11.3 Å². The lowest BCUT2D eigenvalue weighted by Gasteiger charge is -2.25. The summed E-state index contributed by atoms with van der Waals surface area (Å²) in [5.74, 6) is -0.732. The van der Waals surface area contributed by atoms with E-state index in [-0.39, 0.29) is 23.9 Å². The zero-order valence-electron chi connectivity index (χ0n) is 16.5. The standard InChI is InChI=1S/C20H22ClN3O4S/c1-11-9-13(5-6-14(11)24-12(2)10-28-19(24)27)22-18(26)20(3,4)23-17(25)15-7-8-16(21)29-15/h5-9,12H,10H2,1-4H3,(H,22,26)(H,23,25)/t12-/m1/s1. The third kappa shape index (κ3) is 4.54. The van der Waals surface area contributed by atoms with Gasteiger partial charge in [0.25, 0.3) is 5.91 Å². The monoisotopic (exact) mass is 435 g/mol. The molecule has 1 fully saturated rings. The van der Waals surface area contributed by atoms with Gasteiger partial charge in [-0.2, -0.15) is 0 Å². The summed E-state index contributed by atoms with van der Waals surface area (Å²) >= 11 is 7.01. The average Bonchev–Trinajstić information content (AvgIpc) is 3.21. The zero-order valence-corrected chi connectivity index (χ0v) is 18.1. The first-order valence-corrected chi connectivity index (χ1v) is 10.2. The van der Waals surface area contributed by atoms with Crippen LogP contribution in [-0.2, 0) is 9.53 Å². The number of carbonyl (C=O) groups excluding carboxylic acids is 3. The van der Waals surface area contributed by atoms with Crippen LogP contribution in [0.2, 0.25) is 4.34 Å². The minimum Gasteiger partial charge on any atom is -0.447 e. The molecule has 2 aromatic rings. The van der Waals surface area contributed by atoms with Gasteiger partial charge in [0.2, 0.25) is 5.91 Å². The summed E-state index contributed by atoms with van der Waals surface area (Å²) in [4.78, 5) is 39.0. The topological polar surface area (TPSA) is 87.7 Å². The number of cyclic esters (lactones) is 1. The first-order chi connectivity index (χ1) is 13.6. The minimum absolute atomic E-state index is 0.0541. The Kier molecular flexibility index (Phi) is 5.86. The van der Waals surface area contributed by atoms with E-state index in [4.69, 9.17) is 16.3 Å². The van der Waals surface area contributed by atoms with Crippen LogP contribution in [0.4, 0.5) is 16.2 Å². The number of thiophene rings is 1. The van der Waals surface area contributed by atoms with Crippen LogP contribution >= 0.6 is 22.9 Å². The number of ether oxygens (including phenoxy) is 1. The number of nitrogens with zero attached hydrogens (tertiary/aromatic N) is 1. The van der Waals surface area contributed by atoms with Crippen molar-refractivity contribution in [2.75, 3.05) is 16.8 Å². The van der Waals surface area contributed by atoms with Crippen LogP contribution < -0.4 is 15.5 Å². The van der Waals surface area contributed by atoms with Crippen molar-refractivity contribution >= 4 is 52.2 Å². The van der Waals surface area contributed by atoms with Crippen molar-refractivity contribution in [1.29, 1.82) is 0 Å². The summed E-state index contributed by atoms with van der Waals surface area (Å²) in [5, 5.41) is 5.53. The molecule has 0 aliphatic carbocycles. The Bertz CT molecular complexity index is 972. The van der Waals surface area contributed by atoms with Crippen molar-refractivity contribution in [2.45, 2.75) is 39.3 Å². The van der Waals surface area contributed by atoms with E-state index >= 15 is 0 Å². The molecule has 1 aromatic heterocycles. The van der Waals surface area contributed by atoms with Gasteiger partial charge in [-0.25, -0.2) is 4.79 Å². The molecule has 0 saturated carbocycles. The Morgan fingerprint density at radius 3 is 2.55 bits per heavy atom. The van der Waals surface area contributed by atoms with Crippen LogP contribution in [0.3, 0.4) is 0 Å². The molecule has 29 heavy (non-hydrogen) atoms. The molecule has 1 saturated heterocycles. The summed E-state index contributed by atoms with van der Waals surface area (Å²) in [6.45, 7) is 7.36. The number of rotatable bonds is 5. The molecular weight excluding hydrogens is 414 g/mol. The van der Waals surface area contributed by atoms with E-state index in [1.54, 1.807) is 49.1 Å². The fourth-order valence-corrected chi connectivity index (χ4v) is 3.92. The van der Waals surface area contributed by atoms with Crippen molar-refractivity contribution < 1.29 is 19.1 Å². The van der Waals surface area contributed by atoms with E-state index in [0.717, 1.165) is 22.6 Å². The normalized spacial score (nSPS) is 16.5. The molecule has 1 aliphatic heterocycles. The fraction of sp³-hybridized carbons (Fsp3) is 0.350. The highest BCUT2D eigenvalue weighted by Crippen LogP contribution is 2.29. The van der Waals surface area contributed by atoms with Crippen molar-refractivity contribution in [2.24, 2.45) is 0 Å². The van der Waals surface area contributed by atoms with Crippen LogP contribution in [0, 0.1) is 6.92 Å². The van der Waals surface area contributed by atoms with Crippen molar-refractivity contribution in [3.63, 3.8) is 0 Å². The Balaban J connectivity index is 1.70. The second-order valence-electron chi connectivity index (χ2n) is 7.43. The molecule has 1 aromatic carbocycles. The number of halogens is 1. The molecule has 2 heterocycles. The first kappa shape index (κ1) is 21.1. The summed E-state index contributed by atoms with van der Waals surface area (Å²) in [7, 11) is 0. The summed E-state index contributed by atoms with van der Waals surface area (Å²) in [6.07, 6.45) is -0.380. The van der Waals surface area contributed by atoms with Crippen molar-refractivity contribution in [3.8, 4) is 0 Å². The predicted octanol–water partition coefficient (Wildman–Crippen LogP) is 4.20. The Morgan fingerprint density at radius 2 is 2.00 bits per heavy atom. The van der Waals surface area contributed by atoms with Gasteiger partial charge in [0, 0.05) is 5.69 Å². The fourth-order valence-electron chi connectivity index (χ4n) is 2.98. The molecule has 1 atom stereocenters. The van der Waals surface area contributed by atoms with Crippen molar-refractivity contribution in [1.82, 2.24) is 5.32 Å². The Hall–Kier alpha value is -2.58. The third-order valence-corrected chi connectivity index (χ3v) is 5.82. The molecule has 3 rings (SSSR count). The second-order valence-corrected chi connectivity index (χ2v) is 9.15. The number of nitrogens with one attached hydrogen (secondary N) is 2. The van der Waals surface area contributed by atoms with E-state index in [1.807, 2.05) is 13.8 Å². The molecule has 7 nitrogen and oxygen atoms in total. The lowest BCUT2D eigenvalue weighted by Crippen LogP contribution is -2.52. The number of anilines is 2. The molecule has 9 heteroatoms. The summed E-state index contributed by atoms with van der Waals surface area (Å²) in [5.41, 5.74) is 0.981. The number of benzene rings is 1. The third-order valence-electron chi connectivity index (χ3n) is 4.59. The molecule has 2 N–H and O–H groups in total. The van der Waals surface area contributed by atoms with Crippen LogP contribution in [-0.4, -0.2) is 36.1 Å². The van der Waals surface area contributed by atoms with Gasteiger partial charge in [-0.1, -0.05) is 11.6 Å². The Labute approximate surface area is 178 Å². The molecule has 0 spiro atoms. The van der Waals surface area contributed by atoms with Gasteiger partial charge < -0.3 is 15.4 Å². The van der Waals surface area contributed by atoms with Crippen LogP contribution in [0.15, 0.2) is 30.3 Å². The molecule has 154 valence electrons. The van der Waals surface area contributed by atoms with Crippen LogP contribution in [0.1, 0.15) is 36.0 Å². The smallest absolute Gasteiger partial charge is 0.414 e. The number of aryl methyl sites for hydroxylation is 1. The molecule has 0 bridgehead atoms. The SMILES string of the molecule is Cc1cc(NC(=O)C(C)(C)NC(=O)c2ccc(Cl)s2)ccc1N1C(=O)OC[C@H]1C. The van der Waals surface area contributed by atoms with E-state index in [1.165, 1.54) is 0 Å². The molecule has 3 amide bonds. The minimum atomic E-state index is -1.15. The van der Waals surface area contributed by atoms with Gasteiger partial charge in [0.05, 0.1) is 20.9 Å². The van der Waals surface area contributed by atoms with E-state index in [9.17, 15) is 14.4 Å². The number of hydrogen-bond donors (Lipinski definition) is 2. The van der Waals surface area contributed by atoms with Crippen LogP contribution in [0.25, 0.3) is 0 Å². The molecule has 0 radical (unpaired) electrons. The zero-order chi connectivity index (χ0) is 21.3. The average molecular weight is 436 g/mol. The highest BCUT2D eigenvalue weighted by molar-refractivity contribution is 7.18. The summed E-state index contributed by atoms with van der Waals surface area (Å²) in [6, 6.07) is 8.46. The van der Waals surface area contributed by atoms with Gasteiger partial charge in [-0.05, 0) is 63.6 Å². The molecule has 1 aliphatic rings. The van der Waals surface area contributed by atoms with E-state index < -0.39 is 5.54 Å². The number of amides is 3. The highest BCUT2D eigenvalue weighted by atomic mass is 35.5. The second kappa shape index (κ2) is 8.04. The lowest BCUT2D eigenvalue weighted by molar-refractivity contribution is -0.120. The van der Waals surface area contributed by atoms with E-state index in [0.29, 0.717) is 21.5 Å². The quantitative estimate of drug-likeness (QED) is 0.736. The molecular formula is C20H22ClN3O4S. The van der Waals surface area contributed by atoms with Gasteiger partial charge in [0.1, 0.15) is 12.1 Å². The molecule has 0 unspecified atom stereocenters. The maximum Gasteiger partial charge on any atom is 0.414 e. The van der Waals surface area contributed by atoms with Gasteiger partial charge in [-0.3, -0.25) is 14.5 Å². The predicted molar refractivity (Wildman–Crippen MR) is 114 cm³/mol. The van der Waals surface area contributed by atoms with E-state index in [2.05, 4.69) is 10.6 Å².